The lowest BCUT2D eigenvalue weighted by atomic mass is 10.1. The molecule has 1 rings (SSSR count). The topological polar surface area (TPSA) is 92.5 Å². The highest BCUT2D eigenvalue weighted by Crippen LogP contribution is 2.28. The van der Waals surface area contributed by atoms with Gasteiger partial charge in [-0.3, -0.25) is 10.1 Å². The van der Waals surface area contributed by atoms with Gasteiger partial charge >= 0.3 is 5.97 Å². The Labute approximate surface area is 104 Å². The number of hydrogen-bond acceptors (Lipinski definition) is 4. The minimum Gasteiger partial charge on any atom is -0.478 e. The van der Waals surface area contributed by atoms with Crippen molar-refractivity contribution in [2.45, 2.75) is 13.3 Å². The fourth-order valence-electron chi connectivity index (χ4n) is 1.43. The maximum atomic E-state index is 11.0. The zero-order chi connectivity index (χ0) is 13.5. The van der Waals surface area contributed by atoms with Crippen molar-refractivity contribution in [3.05, 3.63) is 33.9 Å². The van der Waals surface area contributed by atoms with Crippen LogP contribution in [0.15, 0.2) is 18.2 Å². The van der Waals surface area contributed by atoms with Gasteiger partial charge in [0.05, 0.1) is 10.5 Å². The maximum absolute atomic E-state index is 11.0. The molecule has 0 unspecified atom stereocenters. The summed E-state index contributed by atoms with van der Waals surface area (Å²) in [6, 6.07) is 3.93. The third-order valence-corrected chi connectivity index (χ3v) is 2.20. The summed E-state index contributed by atoms with van der Waals surface area (Å²) in [7, 11) is 0. The van der Waals surface area contributed by atoms with Gasteiger partial charge in [-0.05, 0) is 13.0 Å². The number of nitrogens with zero attached hydrogens (tertiary/aromatic N) is 1. The standard InChI is InChI=1S/C12H12N2O4/c1-2-3-4-8-13-11-9(12(15)16)6-5-7-10(11)14(17)18/h5-7,13H,4,8H2,1H3,(H,15,16). The third kappa shape index (κ3) is 3.22. The molecule has 0 bridgehead atoms. The average molecular weight is 248 g/mol. The number of nitro benzene ring substituents is 1. The van der Waals surface area contributed by atoms with E-state index in [1.165, 1.54) is 18.2 Å². The van der Waals surface area contributed by atoms with Gasteiger partial charge in [0.2, 0.25) is 0 Å². The highest BCUT2D eigenvalue weighted by atomic mass is 16.6. The smallest absolute Gasteiger partial charge is 0.338 e. The van der Waals surface area contributed by atoms with E-state index in [2.05, 4.69) is 17.2 Å². The number of anilines is 1. The van der Waals surface area contributed by atoms with Crippen molar-refractivity contribution >= 4 is 17.3 Å². The minimum atomic E-state index is -1.21. The van der Waals surface area contributed by atoms with Crippen LogP contribution in [0, 0.1) is 22.0 Å². The van der Waals surface area contributed by atoms with E-state index in [4.69, 9.17) is 5.11 Å². The van der Waals surface area contributed by atoms with Gasteiger partial charge in [-0.2, -0.15) is 0 Å². The number of nitro groups is 1. The normalized spacial score (nSPS) is 9.17. The second-order valence-corrected chi connectivity index (χ2v) is 3.37. The number of nitrogens with one attached hydrogen (secondary N) is 1. The van der Waals surface area contributed by atoms with Crippen LogP contribution in [0.25, 0.3) is 0 Å². The lowest BCUT2D eigenvalue weighted by molar-refractivity contribution is -0.384. The fraction of sp³-hybridized carbons (Fsp3) is 0.250. The monoisotopic (exact) mass is 248 g/mol. The molecule has 0 saturated carbocycles. The number of benzene rings is 1. The SMILES string of the molecule is CC#CCCNc1c(C(=O)O)cccc1[N+](=O)[O-]. The van der Waals surface area contributed by atoms with Gasteiger partial charge < -0.3 is 10.4 Å². The molecule has 0 amide bonds. The molecule has 0 fully saturated rings. The third-order valence-electron chi connectivity index (χ3n) is 2.20. The molecule has 18 heavy (non-hydrogen) atoms. The van der Waals surface area contributed by atoms with Crippen molar-refractivity contribution in [1.82, 2.24) is 0 Å². The predicted octanol–water partition coefficient (Wildman–Crippen LogP) is 2.12. The Morgan fingerprint density at radius 3 is 2.83 bits per heavy atom. The summed E-state index contributed by atoms with van der Waals surface area (Å²) in [5.41, 5.74) is -0.346. The van der Waals surface area contributed by atoms with Crippen LogP contribution in [0.1, 0.15) is 23.7 Å². The molecular weight excluding hydrogens is 236 g/mol. The van der Waals surface area contributed by atoms with Gasteiger partial charge in [0, 0.05) is 19.0 Å². The van der Waals surface area contributed by atoms with E-state index in [0.29, 0.717) is 13.0 Å². The summed E-state index contributed by atoms with van der Waals surface area (Å²) in [5, 5.41) is 22.6. The summed E-state index contributed by atoms with van der Waals surface area (Å²) < 4.78 is 0. The lowest BCUT2D eigenvalue weighted by Gasteiger charge is -2.08. The first kappa shape index (κ1) is 13.5. The van der Waals surface area contributed by atoms with Gasteiger partial charge in [0.15, 0.2) is 0 Å². The first-order valence-electron chi connectivity index (χ1n) is 5.22. The zero-order valence-corrected chi connectivity index (χ0v) is 9.77. The van der Waals surface area contributed by atoms with Crippen molar-refractivity contribution in [1.29, 1.82) is 0 Å². The molecular formula is C12H12N2O4. The average Bonchev–Trinajstić information content (AvgIpc) is 2.34. The lowest BCUT2D eigenvalue weighted by Crippen LogP contribution is -2.09. The number of para-hydroxylation sites is 1. The quantitative estimate of drug-likeness (QED) is 0.360. The Morgan fingerprint density at radius 1 is 1.56 bits per heavy atom. The van der Waals surface area contributed by atoms with E-state index < -0.39 is 10.9 Å². The summed E-state index contributed by atoms with van der Waals surface area (Å²) in [6.07, 6.45) is 0.488. The largest absolute Gasteiger partial charge is 0.478 e. The first-order valence-corrected chi connectivity index (χ1v) is 5.22. The molecule has 0 atom stereocenters. The van der Waals surface area contributed by atoms with Crippen molar-refractivity contribution in [3.63, 3.8) is 0 Å². The highest BCUT2D eigenvalue weighted by Gasteiger charge is 2.20. The molecule has 0 radical (unpaired) electrons. The van der Waals surface area contributed by atoms with Gasteiger partial charge in [-0.15, -0.1) is 11.8 Å². The predicted molar refractivity (Wildman–Crippen MR) is 66.6 cm³/mol. The first-order chi connectivity index (χ1) is 8.57. The van der Waals surface area contributed by atoms with E-state index in [1.807, 2.05) is 0 Å². The second-order valence-electron chi connectivity index (χ2n) is 3.37. The molecule has 0 aromatic heterocycles. The second kappa shape index (κ2) is 6.25. The number of rotatable bonds is 5. The van der Waals surface area contributed by atoms with Gasteiger partial charge in [0.25, 0.3) is 5.69 Å². The highest BCUT2D eigenvalue weighted by molar-refractivity contribution is 5.96. The van der Waals surface area contributed by atoms with Crippen LogP contribution in [0.4, 0.5) is 11.4 Å². The number of hydrogen-bond donors (Lipinski definition) is 2. The molecule has 94 valence electrons. The van der Waals surface area contributed by atoms with Crippen LogP contribution in [0.2, 0.25) is 0 Å². The van der Waals surface area contributed by atoms with Crippen LogP contribution in [-0.4, -0.2) is 22.5 Å². The van der Waals surface area contributed by atoms with Crippen LogP contribution in [0.3, 0.4) is 0 Å². The number of carbonyl (C=O) groups is 1. The summed E-state index contributed by atoms with van der Waals surface area (Å²) in [6.45, 7) is 2.04. The van der Waals surface area contributed by atoms with Gasteiger partial charge in [-0.1, -0.05) is 6.07 Å². The molecule has 6 heteroatoms. The Bertz CT molecular complexity index is 496. The maximum Gasteiger partial charge on any atom is 0.338 e. The van der Waals surface area contributed by atoms with Crippen LogP contribution >= 0.6 is 0 Å². The van der Waals surface area contributed by atoms with Crippen molar-refractivity contribution in [2.75, 3.05) is 11.9 Å². The fourth-order valence-corrected chi connectivity index (χ4v) is 1.43. The molecule has 0 aliphatic rings. The van der Waals surface area contributed by atoms with Crippen molar-refractivity contribution in [2.24, 2.45) is 0 Å². The number of carboxylic acids is 1. The Kier molecular flexibility index (Phi) is 4.69. The summed E-state index contributed by atoms with van der Waals surface area (Å²) in [5.74, 6) is 4.27. The Hall–Kier alpha value is -2.55. The molecule has 1 aromatic carbocycles. The van der Waals surface area contributed by atoms with Crippen LogP contribution < -0.4 is 5.32 Å². The minimum absolute atomic E-state index is 0.0212. The van der Waals surface area contributed by atoms with E-state index in [1.54, 1.807) is 6.92 Å². The number of carboxylic acid groups (broad SMARTS) is 1. The van der Waals surface area contributed by atoms with Crippen molar-refractivity contribution < 1.29 is 14.8 Å². The molecule has 0 spiro atoms. The zero-order valence-electron chi connectivity index (χ0n) is 9.77. The Balaban J connectivity index is 3.05. The molecule has 6 nitrogen and oxygen atoms in total. The van der Waals surface area contributed by atoms with E-state index in [0.717, 1.165) is 0 Å². The molecule has 1 aromatic rings. The number of aromatic carboxylic acids is 1. The molecule has 2 N–H and O–H groups in total. The van der Waals surface area contributed by atoms with Gasteiger partial charge in [-0.25, -0.2) is 4.79 Å². The van der Waals surface area contributed by atoms with Gasteiger partial charge in [0.1, 0.15) is 5.69 Å². The van der Waals surface area contributed by atoms with E-state index >= 15 is 0 Å². The summed E-state index contributed by atoms with van der Waals surface area (Å²) in [4.78, 5) is 21.2. The molecule has 0 aliphatic carbocycles. The molecule has 0 saturated heterocycles. The van der Waals surface area contributed by atoms with Crippen LogP contribution in [0.5, 0.6) is 0 Å². The summed E-state index contributed by atoms with van der Waals surface area (Å²) >= 11 is 0. The molecule has 0 aliphatic heterocycles. The van der Waals surface area contributed by atoms with E-state index in [9.17, 15) is 14.9 Å². The molecule has 0 heterocycles. The Morgan fingerprint density at radius 2 is 2.28 bits per heavy atom. The van der Waals surface area contributed by atoms with E-state index in [-0.39, 0.29) is 16.9 Å². The van der Waals surface area contributed by atoms with Crippen LogP contribution in [-0.2, 0) is 0 Å². The van der Waals surface area contributed by atoms with Crippen molar-refractivity contribution in [3.8, 4) is 11.8 Å².